The van der Waals surface area contributed by atoms with Crippen LogP contribution in [0.4, 0.5) is 5.69 Å². The van der Waals surface area contributed by atoms with Gasteiger partial charge >= 0.3 is 0 Å². The first-order valence-corrected chi connectivity index (χ1v) is 6.97. The van der Waals surface area contributed by atoms with Gasteiger partial charge in [0.1, 0.15) is 5.75 Å². The molecule has 2 rings (SSSR count). The summed E-state index contributed by atoms with van der Waals surface area (Å²) < 4.78 is 5.13. The first-order chi connectivity index (χ1) is 10.2. The minimum Gasteiger partial charge on any atom is -0.497 e. The minimum absolute atomic E-state index is 0.148. The summed E-state index contributed by atoms with van der Waals surface area (Å²) in [7, 11) is 1.58. The van der Waals surface area contributed by atoms with Crippen molar-refractivity contribution < 1.29 is 9.53 Å². The molecule has 0 bridgehead atoms. The molecule has 4 heteroatoms. The third kappa shape index (κ3) is 4.33. The van der Waals surface area contributed by atoms with Crippen molar-refractivity contribution >= 4 is 11.6 Å². The smallest absolute Gasteiger partial charge is 0.255 e. The van der Waals surface area contributed by atoms with Gasteiger partial charge in [-0.3, -0.25) is 4.79 Å². The van der Waals surface area contributed by atoms with E-state index in [0.29, 0.717) is 17.9 Å². The fraction of sp³-hybridized carbons (Fsp3) is 0.235. The Hall–Kier alpha value is -2.33. The van der Waals surface area contributed by atoms with Gasteiger partial charge in [-0.2, -0.15) is 0 Å². The lowest BCUT2D eigenvalue weighted by Gasteiger charge is -2.08. The highest BCUT2D eigenvalue weighted by Gasteiger charge is 2.07. The van der Waals surface area contributed by atoms with E-state index in [2.05, 4.69) is 5.32 Å². The molecule has 2 aromatic carbocycles. The predicted octanol–water partition coefficient (Wildman–Crippen LogP) is 2.84. The summed E-state index contributed by atoms with van der Waals surface area (Å²) in [6.07, 6.45) is 1.85. The Morgan fingerprint density at radius 1 is 1.19 bits per heavy atom. The molecule has 0 fully saturated rings. The highest BCUT2D eigenvalue weighted by molar-refractivity contribution is 6.04. The SMILES string of the molecule is COc1cccc(C(=O)Nc2cccc(CCCN)c2)c1. The van der Waals surface area contributed by atoms with Crippen LogP contribution in [0.5, 0.6) is 5.75 Å². The molecule has 3 N–H and O–H groups in total. The Kier molecular flexibility index (Phi) is 5.35. The van der Waals surface area contributed by atoms with Crippen LogP contribution in [0.2, 0.25) is 0 Å². The van der Waals surface area contributed by atoms with Crippen LogP contribution in [0.3, 0.4) is 0 Å². The maximum Gasteiger partial charge on any atom is 0.255 e. The Bertz CT molecular complexity index is 611. The fourth-order valence-electron chi connectivity index (χ4n) is 2.08. The topological polar surface area (TPSA) is 64.3 Å². The number of anilines is 1. The molecular weight excluding hydrogens is 264 g/mol. The Balaban J connectivity index is 2.08. The molecule has 21 heavy (non-hydrogen) atoms. The number of methoxy groups -OCH3 is 1. The van der Waals surface area contributed by atoms with E-state index in [1.54, 1.807) is 25.3 Å². The van der Waals surface area contributed by atoms with Crippen LogP contribution in [-0.2, 0) is 6.42 Å². The minimum atomic E-state index is -0.148. The maximum atomic E-state index is 12.2. The van der Waals surface area contributed by atoms with Crippen molar-refractivity contribution in [2.45, 2.75) is 12.8 Å². The van der Waals surface area contributed by atoms with E-state index in [1.807, 2.05) is 30.3 Å². The molecule has 4 nitrogen and oxygen atoms in total. The van der Waals surface area contributed by atoms with Crippen molar-refractivity contribution in [1.29, 1.82) is 0 Å². The number of hydrogen-bond acceptors (Lipinski definition) is 3. The number of nitrogens with one attached hydrogen (secondary N) is 1. The molecule has 0 saturated heterocycles. The van der Waals surface area contributed by atoms with Gasteiger partial charge in [-0.1, -0.05) is 18.2 Å². The highest BCUT2D eigenvalue weighted by atomic mass is 16.5. The summed E-state index contributed by atoms with van der Waals surface area (Å²) in [6.45, 7) is 0.667. The lowest BCUT2D eigenvalue weighted by Crippen LogP contribution is -2.12. The number of rotatable bonds is 6. The fourth-order valence-corrected chi connectivity index (χ4v) is 2.08. The van der Waals surface area contributed by atoms with Crippen LogP contribution in [0.15, 0.2) is 48.5 Å². The quantitative estimate of drug-likeness (QED) is 0.857. The molecule has 0 radical (unpaired) electrons. The number of carbonyl (C=O) groups excluding carboxylic acids is 1. The van der Waals surface area contributed by atoms with Gasteiger partial charge in [0.15, 0.2) is 0 Å². The molecule has 0 aromatic heterocycles. The van der Waals surface area contributed by atoms with E-state index in [1.165, 1.54) is 5.56 Å². The second-order valence-electron chi connectivity index (χ2n) is 4.78. The molecular formula is C17H20N2O2. The average molecular weight is 284 g/mol. The van der Waals surface area contributed by atoms with E-state index in [0.717, 1.165) is 18.5 Å². The number of aryl methyl sites for hydroxylation is 1. The van der Waals surface area contributed by atoms with Gasteiger partial charge in [0.05, 0.1) is 7.11 Å². The van der Waals surface area contributed by atoms with Crippen molar-refractivity contribution in [1.82, 2.24) is 0 Å². The van der Waals surface area contributed by atoms with Gasteiger partial charge in [-0.25, -0.2) is 0 Å². The summed E-state index contributed by atoms with van der Waals surface area (Å²) in [4.78, 5) is 12.2. The monoisotopic (exact) mass is 284 g/mol. The lowest BCUT2D eigenvalue weighted by atomic mass is 10.1. The van der Waals surface area contributed by atoms with Crippen molar-refractivity contribution in [3.8, 4) is 5.75 Å². The third-order valence-corrected chi connectivity index (χ3v) is 3.19. The van der Waals surface area contributed by atoms with Crippen molar-refractivity contribution in [2.24, 2.45) is 5.73 Å². The Morgan fingerprint density at radius 3 is 2.76 bits per heavy atom. The van der Waals surface area contributed by atoms with Crippen LogP contribution in [0, 0.1) is 0 Å². The molecule has 0 aliphatic heterocycles. The second kappa shape index (κ2) is 7.45. The van der Waals surface area contributed by atoms with Gasteiger partial charge in [-0.05, 0) is 55.3 Å². The first-order valence-electron chi connectivity index (χ1n) is 6.97. The number of hydrogen-bond donors (Lipinski definition) is 2. The number of benzene rings is 2. The largest absolute Gasteiger partial charge is 0.497 e. The number of nitrogens with two attached hydrogens (primary N) is 1. The summed E-state index contributed by atoms with van der Waals surface area (Å²) in [5.74, 6) is 0.518. The Morgan fingerprint density at radius 2 is 2.00 bits per heavy atom. The molecule has 0 saturated carbocycles. The summed E-state index contributed by atoms with van der Waals surface area (Å²) in [5.41, 5.74) is 8.05. The Labute approximate surface area is 124 Å². The van der Waals surface area contributed by atoms with E-state index >= 15 is 0 Å². The third-order valence-electron chi connectivity index (χ3n) is 3.19. The molecule has 2 aromatic rings. The average Bonchev–Trinajstić information content (AvgIpc) is 2.53. The van der Waals surface area contributed by atoms with Crippen LogP contribution < -0.4 is 15.8 Å². The van der Waals surface area contributed by atoms with Crippen LogP contribution in [0.25, 0.3) is 0 Å². The van der Waals surface area contributed by atoms with Crippen LogP contribution in [0.1, 0.15) is 22.3 Å². The molecule has 0 heterocycles. The molecule has 0 unspecified atom stereocenters. The van der Waals surface area contributed by atoms with Gasteiger partial charge in [0.25, 0.3) is 5.91 Å². The maximum absolute atomic E-state index is 12.2. The number of amides is 1. The molecule has 0 spiro atoms. The van der Waals surface area contributed by atoms with Gasteiger partial charge in [-0.15, -0.1) is 0 Å². The molecule has 1 amide bonds. The van der Waals surface area contributed by atoms with Crippen molar-refractivity contribution in [3.05, 3.63) is 59.7 Å². The van der Waals surface area contributed by atoms with Crippen LogP contribution >= 0.6 is 0 Å². The van der Waals surface area contributed by atoms with Crippen molar-refractivity contribution in [3.63, 3.8) is 0 Å². The van der Waals surface area contributed by atoms with Gasteiger partial charge in [0, 0.05) is 11.3 Å². The van der Waals surface area contributed by atoms with Gasteiger partial charge in [0.2, 0.25) is 0 Å². The summed E-state index contributed by atoms with van der Waals surface area (Å²) >= 11 is 0. The normalized spacial score (nSPS) is 10.2. The van der Waals surface area contributed by atoms with E-state index < -0.39 is 0 Å². The highest BCUT2D eigenvalue weighted by Crippen LogP contribution is 2.16. The predicted molar refractivity (Wildman–Crippen MR) is 84.8 cm³/mol. The zero-order valence-corrected chi connectivity index (χ0v) is 12.1. The zero-order chi connectivity index (χ0) is 15.1. The number of ether oxygens (including phenoxy) is 1. The first kappa shape index (κ1) is 15.1. The van der Waals surface area contributed by atoms with Crippen LogP contribution in [-0.4, -0.2) is 19.6 Å². The molecule has 0 aliphatic carbocycles. The molecule has 110 valence electrons. The summed E-state index contributed by atoms with van der Waals surface area (Å²) in [6, 6.07) is 14.9. The van der Waals surface area contributed by atoms with Crippen molar-refractivity contribution in [2.75, 3.05) is 19.0 Å². The molecule has 0 atom stereocenters. The zero-order valence-electron chi connectivity index (χ0n) is 12.1. The van der Waals surface area contributed by atoms with E-state index in [4.69, 9.17) is 10.5 Å². The lowest BCUT2D eigenvalue weighted by molar-refractivity contribution is 0.102. The summed E-state index contributed by atoms with van der Waals surface area (Å²) in [5, 5.41) is 2.90. The number of carbonyl (C=O) groups is 1. The second-order valence-corrected chi connectivity index (χ2v) is 4.78. The standard InChI is InChI=1S/C17H20N2O2/c1-21-16-9-3-7-14(12-16)17(20)19-15-8-2-5-13(11-15)6-4-10-18/h2-3,5,7-9,11-12H,4,6,10,18H2,1H3,(H,19,20). The van der Waals surface area contributed by atoms with E-state index in [9.17, 15) is 4.79 Å². The van der Waals surface area contributed by atoms with E-state index in [-0.39, 0.29) is 5.91 Å². The molecule has 0 aliphatic rings. The van der Waals surface area contributed by atoms with Gasteiger partial charge < -0.3 is 15.8 Å².